The summed E-state index contributed by atoms with van der Waals surface area (Å²) in [6, 6.07) is 1.87. The Labute approximate surface area is 156 Å². The van der Waals surface area contributed by atoms with Crippen molar-refractivity contribution in [2.75, 3.05) is 14.1 Å². The van der Waals surface area contributed by atoms with Gasteiger partial charge in [0.1, 0.15) is 0 Å². The molecule has 1 atom stereocenters. The third-order valence-electron chi connectivity index (χ3n) is 4.24. The standard InChI is InChI=1S/C15H21FN6OS.C2H6/c1-22(2)24(23)21-11-6-4-10(5-7-11)13-12(16)14(20-19-13)15-17-8-3-9-18-15;1-2/h3,8-11,21H,4-7H2,1-2H3,(H,19,20);1-2H3. The van der Waals surface area contributed by atoms with Crippen LogP contribution in [0.3, 0.4) is 0 Å². The minimum absolute atomic E-state index is 0.0841. The highest BCUT2D eigenvalue weighted by Crippen LogP contribution is 2.35. The lowest BCUT2D eigenvalue weighted by Gasteiger charge is -2.28. The van der Waals surface area contributed by atoms with E-state index in [1.165, 1.54) is 0 Å². The van der Waals surface area contributed by atoms with Crippen molar-refractivity contribution < 1.29 is 8.60 Å². The minimum Gasteiger partial charge on any atom is -0.278 e. The number of aromatic nitrogens is 4. The topological polar surface area (TPSA) is 86.8 Å². The smallest absolute Gasteiger partial charge is 0.183 e. The van der Waals surface area contributed by atoms with Gasteiger partial charge >= 0.3 is 0 Å². The number of hydrogen-bond donors (Lipinski definition) is 2. The third-order valence-corrected chi connectivity index (χ3v) is 5.44. The van der Waals surface area contributed by atoms with E-state index in [1.54, 1.807) is 36.9 Å². The number of halogens is 1. The van der Waals surface area contributed by atoms with E-state index < -0.39 is 11.2 Å². The van der Waals surface area contributed by atoms with Gasteiger partial charge in [-0.05, 0) is 31.7 Å². The molecule has 0 spiro atoms. The van der Waals surface area contributed by atoms with Crippen LogP contribution in [0.4, 0.5) is 4.39 Å². The Morgan fingerprint density at radius 3 is 2.38 bits per heavy atom. The van der Waals surface area contributed by atoms with Crippen LogP contribution in [-0.2, 0) is 11.2 Å². The van der Waals surface area contributed by atoms with Crippen molar-refractivity contribution in [1.82, 2.24) is 29.2 Å². The predicted molar refractivity (Wildman–Crippen MR) is 101 cm³/mol. The normalized spacial score (nSPS) is 21.2. The molecule has 1 aliphatic rings. The number of aromatic amines is 1. The summed E-state index contributed by atoms with van der Waals surface area (Å²) in [5.74, 6) is 0.00418. The van der Waals surface area contributed by atoms with Gasteiger partial charge in [-0.2, -0.15) is 5.10 Å². The molecule has 144 valence electrons. The first-order valence-corrected chi connectivity index (χ1v) is 10.0. The zero-order chi connectivity index (χ0) is 19.1. The lowest BCUT2D eigenvalue weighted by atomic mass is 9.84. The largest absolute Gasteiger partial charge is 0.278 e. The summed E-state index contributed by atoms with van der Waals surface area (Å²) in [4.78, 5) is 8.09. The maximum Gasteiger partial charge on any atom is 0.183 e. The molecule has 0 amide bonds. The molecule has 0 saturated heterocycles. The van der Waals surface area contributed by atoms with E-state index in [0.717, 1.165) is 25.7 Å². The third kappa shape index (κ3) is 4.93. The Morgan fingerprint density at radius 2 is 1.81 bits per heavy atom. The Bertz CT molecular complexity index is 701. The Balaban J connectivity index is 0.00000117. The van der Waals surface area contributed by atoms with Crippen molar-refractivity contribution in [1.29, 1.82) is 0 Å². The summed E-state index contributed by atoms with van der Waals surface area (Å²) in [7, 11) is 3.53. The maximum absolute atomic E-state index is 14.7. The number of nitrogens with one attached hydrogen (secondary N) is 2. The fourth-order valence-corrected chi connectivity index (χ4v) is 3.66. The first-order chi connectivity index (χ1) is 12.6. The van der Waals surface area contributed by atoms with Crippen LogP contribution in [0.25, 0.3) is 11.5 Å². The first kappa shape index (κ1) is 20.6. The summed E-state index contributed by atoms with van der Waals surface area (Å²) >= 11 is -1.18. The lowest BCUT2D eigenvalue weighted by molar-refractivity contribution is 0.364. The van der Waals surface area contributed by atoms with Crippen molar-refractivity contribution in [2.24, 2.45) is 0 Å². The van der Waals surface area contributed by atoms with E-state index in [9.17, 15) is 8.60 Å². The maximum atomic E-state index is 14.7. The zero-order valence-corrected chi connectivity index (χ0v) is 16.5. The highest BCUT2D eigenvalue weighted by atomic mass is 32.2. The molecular weight excluding hydrogens is 355 g/mol. The van der Waals surface area contributed by atoms with Crippen LogP contribution in [-0.4, -0.2) is 48.8 Å². The quantitative estimate of drug-likeness (QED) is 0.832. The van der Waals surface area contributed by atoms with Crippen LogP contribution < -0.4 is 4.72 Å². The Kier molecular flexibility index (Phi) is 7.80. The first-order valence-electron chi connectivity index (χ1n) is 8.92. The molecule has 0 bridgehead atoms. The van der Waals surface area contributed by atoms with Crippen LogP contribution >= 0.6 is 0 Å². The van der Waals surface area contributed by atoms with Crippen LogP contribution in [0.5, 0.6) is 0 Å². The zero-order valence-electron chi connectivity index (χ0n) is 15.7. The number of nitrogens with zero attached hydrogens (tertiary/aromatic N) is 4. The van der Waals surface area contributed by atoms with Crippen molar-refractivity contribution >= 4 is 11.2 Å². The minimum atomic E-state index is -1.18. The molecule has 1 unspecified atom stereocenters. The molecule has 7 nitrogen and oxygen atoms in total. The van der Waals surface area contributed by atoms with E-state index in [1.807, 2.05) is 13.8 Å². The predicted octanol–water partition coefficient (Wildman–Crippen LogP) is 2.79. The summed E-state index contributed by atoms with van der Waals surface area (Å²) in [5.41, 5.74) is 0.684. The second kappa shape index (κ2) is 9.84. The molecule has 26 heavy (non-hydrogen) atoms. The molecule has 1 saturated carbocycles. The average Bonchev–Trinajstić information content (AvgIpc) is 3.06. The van der Waals surface area contributed by atoms with Crippen molar-refractivity contribution in [3.05, 3.63) is 30.0 Å². The number of hydrogen-bond acceptors (Lipinski definition) is 4. The van der Waals surface area contributed by atoms with Crippen molar-refractivity contribution in [2.45, 2.75) is 51.5 Å². The van der Waals surface area contributed by atoms with Crippen LogP contribution in [0, 0.1) is 5.82 Å². The van der Waals surface area contributed by atoms with E-state index in [-0.39, 0.29) is 29.3 Å². The van der Waals surface area contributed by atoms with Gasteiger partial charge in [0.05, 0.1) is 5.69 Å². The molecule has 0 radical (unpaired) electrons. The van der Waals surface area contributed by atoms with Crippen LogP contribution in [0.1, 0.15) is 51.1 Å². The van der Waals surface area contributed by atoms with Crippen LogP contribution in [0.15, 0.2) is 18.5 Å². The second-order valence-electron chi connectivity index (χ2n) is 6.10. The second-order valence-corrected chi connectivity index (χ2v) is 7.56. The molecule has 9 heteroatoms. The van der Waals surface area contributed by atoms with E-state index in [2.05, 4.69) is 24.9 Å². The van der Waals surface area contributed by atoms with Gasteiger partial charge in [-0.25, -0.2) is 27.6 Å². The van der Waals surface area contributed by atoms with Gasteiger partial charge in [-0.1, -0.05) is 13.8 Å². The SMILES string of the molecule is CC.CN(C)S(=O)NC1CCC(c2[nH]nc(-c3ncccn3)c2F)CC1. The van der Waals surface area contributed by atoms with Crippen molar-refractivity contribution in [3.63, 3.8) is 0 Å². The molecule has 0 aliphatic heterocycles. The molecule has 2 aromatic heterocycles. The molecule has 1 aliphatic carbocycles. The van der Waals surface area contributed by atoms with E-state index >= 15 is 0 Å². The Hall–Kier alpha value is -1.71. The molecule has 2 aromatic rings. The van der Waals surface area contributed by atoms with Gasteiger partial charge in [0, 0.05) is 38.4 Å². The number of rotatable bonds is 5. The summed E-state index contributed by atoms with van der Waals surface area (Å²) in [6.07, 6.45) is 6.46. The highest BCUT2D eigenvalue weighted by molar-refractivity contribution is 7.80. The average molecular weight is 383 g/mol. The fraction of sp³-hybridized carbons (Fsp3) is 0.588. The molecule has 2 heterocycles. The van der Waals surface area contributed by atoms with E-state index in [0.29, 0.717) is 5.69 Å². The molecular formula is C17H27FN6OS. The van der Waals surface area contributed by atoms with E-state index in [4.69, 9.17) is 0 Å². The summed E-state index contributed by atoms with van der Waals surface area (Å²) in [5, 5.41) is 6.88. The number of H-pyrrole nitrogens is 1. The Morgan fingerprint density at radius 1 is 1.19 bits per heavy atom. The van der Waals surface area contributed by atoms with Gasteiger partial charge in [0.15, 0.2) is 28.5 Å². The lowest BCUT2D eigenvalue weighted by Crippen LogP contribution is -2.39. The molecule has 3 rings (SSSR count). The van der Waals surface area contributed by atoms with Gasteiger partial charge in [0.2, 0.25) is 0 Å². The van der Waals surface area contributed by atoms with Gasteiger partial charge in [-0.15, -0.1) is 0 Å². The fourth-order valence-electron chi connectivity index (χ4n) is 2.93. The molecule has 1 fully saturated rings. The van der Waals surface area contributed by atoms with Crippen LogP contribution in [0.2, 0.25) is 0 Å². The highest BCUT2D eigenvalue weighted by Gasteiger charge is 2.28. The summed E-state index contributed by atoms with van der Waals surface area (Å²) < 4.78 is 31.2. The van der Waals surface area contributed by atoms with Gasteiger partial charge < -0.3 is 0 Å². The van der Waals surface area contributed by atoms with Gasteiger partial charge in [0.25, 0.3) is 0 Å². The van der Waals surface area contributed by atoms with Gasteiger partial charge in [-0.3, -0.25) is 5.10 Å². The summed E-state index contributed by atoms with van der Waals surface area (Å²) in [6.45, 7) is 4.00. The molecule has 0 aromatic carbocycles. The van der Waals surface area contributed by atoms with Crippen molar-refractivity contribution in [3.8, 4) is 11.5 Å². The monoisotopic (exact) mass is 382 g/mol. The molecule has 2 N–H and O–H groups in total.